The molecule has 3 nitrogen and oxygen atoms in total. The van der Waals surface area contributed by atoms with Crippen LogP contribution in [-0.4, -0.2) is 36.7 Å². The molecule has 1 aliphatic heterocycles. The summed E-state index contributed by atoms with van der Waals surface area (Å²) in [7, 11) is 0. The number of hydrogen-bond donors (Lipinski definition) is 1. The van der Waals surface area contributed by atoms with Crippen LogP contribution in [0, 0.1) is 0 Å². The van der Waals surface area contributed by atoms with E-state index in [0.29, 0.717) is 12.1 Å². The molecule has 106 valence electrons. The first kappa shape index (κ1) is 14.5. The van der Waals surface area contributed by atoms with Crippen molar-refractivity contribution in [3.05, 3.63) is 35.4 Å². The van der Waals surface area contributed by atoms with Crippen molar-refractivity contribution in [2.45, 2.75) is 46.0 Å². The lowest BCUT2D eigenvalue weighted by Crippen LogP contribution is -2.46. The molecule has 0 saturated carbocycles. The molecule has 3 heteroatoms. The summed E-state index contributed by atoms with van der Waals surface area (Å²) in [5.41, 5.74) is 2.75. The number of nitrogens with one attached hydrogen (secondary N) is 1. The van der Waals surface area contributed by atoms with Crippen LogP contribution in [0.25, 0.3) is 0 Å². The molecule has 2 unspecified atom stereocenters. The highest BCUT2D eigenvalue weighted by molar-refractivity contribution is 5.22. The number of benzene rings is 1. The van der Waals surface area contributed by atoms with Crippen LogP contribution in [0.3, 0.4) is 0 Å². The van der Waals surface area contributed by atoms with Gasteiger partial charge in [-0.2, -0.15) is 0 Å². The standard InChI is InChI=1S/C16H26N2O/c1-4-17-9-15-5-7-16(8-6-15)11-18-10-14(3)19-12-13(18)2/h5-8,13-14,17H,4,9-12H2,1-3H3. The Bertz CT molecular complexity index is 377. The molecule has 1 aliphatic rings. The lowest BCUT2D eigenvalue weighted by Gasteiger charge is -2.36. The van der Waals surface area contributed by atoms with Gasteiger partial charge >= 0.3 is 0 Å². The van der Waals surface area contributed by atoms with Gasteiger partial charge in [0.15, 0.2) is 0 Å². The average molecular weight is 262 g/mol. The van der Waals surface area contributed by atoms with Gasteiger partial charge in [0.2, 0.25) is 0 Å². The summed E-state index contributed by atoms with van der Waals surface area (Å²) in [5, 5.41) is 3.35. The molecule has 1 saturated heterocycles. The van der Waals surface area contributed by atoms with E-state index < -0.39 is 0 Å². The third kappa shape index (κ3) is 4.30. The molecular formula is C16H26N2O. The van der Waals surface area contributed by atoms with Crippen molar-refractivity contribution >= 4 is 0 Å². The molecule has 0 aromatic heterocycles. The maximum atomic E-state index is 5.67. The van der Waals surface area contributed by atoms with E-state index >= 15 is 0 Å². The normalized spacial score (nSPS) is 24.6. The predicted octanol–water partition coefficient (Wildman–Crippen LogP) is 2.41. The van der Waals surface area contributed by atoms with Gasteiger partial charge in [-0.1, -0.05) is 31.2 Å². The monoisotopic (exact) mass is 262 g/mol. The van der Waals surface area contributed by atoms with Crippen LogP contribution in [0.2, 0.25) is 0 Å². The van der Waals surface area contributed by atoms with Crippen LogP contribution in [0.1, 0.15) is 31.9 Å². The fourth-order valence-corrected chi connectivity index (χ4v) is 2.46. The first-order chi connectivity index (χ1) is 9.19. The lowest BCUT2D eigenvalue weighted by atomic mass is 10.1. The van der Waals surface area contributed by atoms with Gasteiger partial charge in [-0.25, -0.2) is 0 Å². The van der Waals surface area contributed by atoms with Gasteiger partial charge in [-0.3, -0.25) is 4.90 Å². The number of hydrogen-bond acceptors (Lipinski definition) is 3. The second-order valence-electron chi connectivity index (χ2n) is 5.52. The topological polar surface area (TPSA) is 24.5 Å². The quantitative estimate of drug-likeness (QED) is 0.882. The zero-order valence-electron chi connectivity index (χ0n) is 12.4. The summed E-state index contributed by atoms with van der Waals surface area (Å²) in [6, 6.07) is 9.47. The highest BCUT2D eigenvalue weighted by atomic mass is 16.5. The average Bonchev–Trinajstić information content (AvgIpc) is 2.42. The highest BCUT2D eigenvalue weighted by Crippen LogP contribution is 2.15. The van der Waals surface area contributed by atoms with Crippen molar-refractivity contribution in [3.63, 3.8) is 0 Å². The zero-order valence-corrected chi connectivity index (χ0v) is 12.4. The van der Waals surface area contributed by atoms with E-state index in [2.05, 4.69) is 55.3 Å². The molecule has 1 fully saturated rings. The second-order valence-corrected chi connectivity index (χ2v) is 5.52. The van der Waals surface area contributed by atoms with Gasteiger partial charge < -0.3 is 10.1 Å². The number of morpholine rings is 1. The van der Waals surface area contributed by atoms with Crippen LogP contribution in [0.15, 0.2) is 24.3 Å². The van der Waals surface area contributed by atoms with E-state index in [0.717, 1.165) is 32.8 Å². The molecule has 0 amide bonds. The first-order valence-electron chi connectivity index (χ1n) is 7.33. The van der Waals surface area contributed by atoms with Gasteiger partial charge in [-0.05, 0) is 31.5 Å². The molecule has 1 aromatic rings. The maximum absolute atomic E-state index is 5.67. The Balaban J connectivity index is 1.91. The minimum Gasteiger partial charge on any atom is -0.376 e. The Morgan fingerprint density at radius 2 is 1.89 bits per heavy atom. The lowest BCUT2D eigenvalue weighted by molar-refractivity contribution is -0.0526. The minimum absolute atomic E-state index is 0.351. The largest absolute Gasteiger partial charge is 0.376 e. The van der Waals surface area contributed by atoms with Crippen molar-refractivity contribution in [1.29, 1.82) is 0 Å². The number of ether oxygens (including phenoxy) is 1. The van der Waals surface area contributed by atoms with Gasteiger partial charge in [0.25, 0.3) is 0 Å². The minimum atomic E-state index is 0.351. The molecular weight excluding hydrogens is 236 g/mol. The SMILES string of the molecule is CCNCc1ccc(CN2CC(C)OCC2C)cc1. The Kier molecular flexibility index (Phi) is 5.37. The van der Waals surface area contributed by atoms with Crippen molar-refractivity contribution in [1.82, 2.24) is 10.2 Å². The maximum Gasteiger partial charge on any atom is 0.0674 e. The Morgan fingerprint density at radius 3 is 2.58 bits per heavy atom. The molecule has 0 bridgehead atoms. The predicted molar refractivity (Wildman–Crippen MR) is 79.1 cm³/mol. The van der Waals surface area contributed by atoms with Gasteiger partial charge in [0.05, 0.1) is 12.7 Å². The van der Waals surface area contributed by atoms with Crippen molar-refractivity contribution in [3.8, 4) is 0 Å². The molecule has 1 heterocycles. The second kappa shape index (κ2) is 7.04. The van der Waals surface area contributed by atoms with Crippen LogP contribution in [0.5, 0.6) is 0 Å². The smallest absolute Gasteiger partial charge is 0.0674 e. The molecule has 0 radical (unpaired) electrons. The van der Waals surface area contributed by atoms with Crippen molar-refractivity contribution in [2.24, 2.45) is 0 Å². The van der Waals surface area contributed by atoms with E-state index in [-0.39, 0.29) is 0 Å². The number of nitrogens with zero attached hydrogens (tertiary/aromatic N) is 1. The van der Waals surface area contributed by atoms with Gasteiger partial charge in [0, 0.05) is 25.7 Å². The first-order valence-corrected chi connectivity index (χ1v) is 7.33. The zero-order chi connectivity index (χ0) is 13.7. The van der Waals surface area contributed by atoms with Crippen LogP contribution in [0.4, 0.5) is 0 Å². The van der Waals surface area contributed by atoms with Crippen LogP contribution in [-0.2, 0) is 17.8 Å². The summed E-state index contributed by atoms with van der Waals surface area (Å²) >= 11 is 0. The Morgan fingerprint density at radius 1 is 1.21 bits per heavy atom. The van der Waals surface area contributed by atoms with Crippen molar-refractivity contribution < 1.29 is 4.74 Å². The molecule has 0 spiro atoms. The molecule has 2 rings (SSSR count). The van der Waals surface area contributed by atoms with Gasteiger partial charge in [-0.15, -0.1) is 0 Å². The summed E-state index contributed by atoms with van der Waals surface area (Å²) in [5.74, 6) is 0. The van der Waals surface area contributed by atoms with Gasteiger partial charge in [0.1, 0.15) is 0 Å². The molecule has 0 aliphatic carbocycles. The summed E-state index contributed by atoms with van der Waals surface area (Å²) in [6.45, 7) is 11.4. The van der Waals surface area contributed by atoms with Crippen molar-refractivity contribution in [2.75, 3.05) is 19.7 Å². The Labute approximate surface area is 116 Å². The fourth-order valence-electron chi connectivity index (χ4n) is 2.46. The molecule has 1 N–H and O–H groups in total. The van der Waals surface area contributed by atoms with Crippen LogP contribution >= 0.6 is 0 Å². The highest BCUT2D eigenvalue weighted by Gasteiger charge is 2.23. The molecule has 2 atom stereocenters. The van der Waals surface area contributed by atoms with E-state index in [9.17, 15) is 0 Å². The van der Waals surface area contributed by atoms with E-state index in [1.807, 2.05) is 0 Å². The summed E-state index contributed by atoms with van der Waals surface area (Å²) in [6.07, 6.45) is 0.351. The molecule has 19 heavy (non-hydrogen) atoms. The van der Waals surface area contributed by atoms with Crippen LogP contribution < -0.4 is 5.32 Å². The van der Waals surface area contributed by atoms with E-state index in [4.69, 9.17) is 4.74 Å². The fraction of sp³-hybridized carbons (Fsp3) is 0.625. The third-order valence-electron chi connectivity index (χ3n) is 3.72. The Hall–Kier alpha value is -0.900. The van der Waals surface area contributed by atoms with E-state index in [1.165, 1.54) is 11.1 Å². The molecule has 1 aromatic carbocycles. The third-order valence-corrected chi connectivity index (χ3v) is 3.72. The number of rotatable bonds is 5. The van der Waals surface area contributed by atoms with E-state index in [1.54, 1.807) is 0 Å². The summed E-state index contributed by atoms with van der Waals surface area (Å²) < 4.78 is 5.67. The summed E-state index contributed by atoms with van der Waals surface area (Å²) in [4.78, 5) is 2.51.